The smallest absolute Gasteiger partial charge is 0.255 e. The van der Waals surface area contributed by atoms with Gasteiger partial charge in [0.25, 0.3) is 5.89 Å². The predicted molar refractivity (Wildman–Crippen MR) is 50.5 cm³/mol. The Morgan fingerprint density at radius 1 is 1.60 bits per heavy atom. The number of aromatic amines is 1. The second-order valence-corrected chi connectivity index (χ2v) is 2.99. The van der Waals surface area contributed by atoms with E-state index in [-0.39, 0.29) is 5.89 Å². The molecular formula is C8H11N5O2. The van der Waals surface area contributed by atoms with E-state index < -0.39 is 6.10 Å². The summed E-state index contributed by atoms with van der Waals surface area (Å²) in [5.41, 5.74) is 5.30. The molecule has 0 aliphatic heterocycles. The van der Waals surface area contributed by atoms with Crippen LogP contribution in [0.2, 0.25) is 0 Å². The van der Waals surface area contributed by atoms with Crippen LogP contribution in [0.25, 0.3) is 11.6 Å². The van der Waals surface area contributed by atoms with Crippen LogP contribution in [0.5, 0.6) is 0 Å². The molecule has 7 nitrogen and oxygen atoms in total. The highest BCUT2D eigenvalue weighted by molar-refractivity contribution is 5.40. The lowest BCUT2D eigenvalue weighted by atomic mass is 10.2. The van der Waals surface area contributed by atoms with Gasteiger partial charge in [-0.05, 0) is 13.0 Å². The van der Waals surface area contributed by atoms with Crippen molar-refractivity contribution in [2.75, 3.05) is 6.54 Å². The summed E-state index contributed by atoms with van der Waals surface area (Å²) in [5, 5.41) is 13.2. The van der Waals surface area contributed by atoms with E-state index in [9.17, 15) is 5.11 Å². The molecule has 2 aromatic rings. The Balaban J connectivity index is 2.17. The first-order valence-electron chi connectivity index (χ1n) is 4.52. The van der Waals surface area contributed by atoms with Gasteiger partial charge in [0.1, 0.15) is 6.10 Å². The lowest BCUT2D eigenvalue weighted by Gasteiger charge is -2.00. The highest BCUT2D eigenvalue weighted by atomic mass is 16.5. The van der Waals surface area contributed by atoms with Crippen LogP contribution in [0.15, 0.2) is 16.9 Å². The molecule has 0 saturated carbocycles. The van der Waals surface area contributed by atoms with Gasteiger partial charge in [-0.1, -0.05) is 5.16 Å². The molecule has 0 aliphatic carbocycles. The topological polar surface area (TPSA) is 114 Å². The standard InChI is InChI=1S/C8H11N5O2/c9-2-1-5(14)8-12-7(13-15-8)6-10-3-4-11-6/h3-5,14H,1-2,9H2,(H,10,11). The number of nitrogens with two attached hydrogens (primary N) is 1. The second kappa shape index (κ2) is 4.20. The van der Waals surface area contributed by atoms with Crippen LogP contribution >= 0.6 is 0 Å². The van der Waals surface area contributed by atoms with Gasteiger partial charge in [0.05, 0.1) is 0 Å². The molecule has 80 valence electrons. The lowest BCUT2D eigenvalue weighted by molar-refractivity contribution is 0.127. The average Bonchev–Trinajstić information content (AvgIpc) is 2.89. The van der Waals surface area contributed by atoms with E-state index in [0.29, 0.717) is 24.6 Å². The SMILES string of the molecule is NCCC(O)c1nc(-c2ncc[nH]2)no1. The zero-order valence-electron chi connectivity index (χ0n) is 7.92. The van der Waals surface area contributed by atoms with Crippen LogP contribution in [0.1, 0.15) is 18.4 Å². The van der Waals surface area contributed by atoms with Crippen LogP contribution in [-0.4, -0.2) is 31.8 Å². The van der Waals surface area contributed by atoms with Crippen molar-refractivity contribution in [3.63, 3.8) is 0 Å². The van der Waals surface area contributed by atoms with E-state index >= 15 is 0 Å². The van der Waals surface area contributed by atoms with Gasteiger partial charge < -0.3 is 20.3 Å². The van der Waals surface area contributed by atoms with Crippen LogP contribution in [0.3, 0.4) is 0 Å². The minimum atomic E-state index is -0.814. The summed E-state index contributed by atoms with van der Waals surface area (Å²) in [6, 6.07) is 0. The lowest BCUT2D eigenvalue weighted by Crippen LogP contribution is -2.06. The van der Waals surface area contributed by atoms with E-state index in [1.807, 2.05) is 0 Å². The summed E-state index contributed by atoms with van der Waals surface area (Å²) >= 11 is 0. The van der Waals surface area contributed by atoms with Crippen molar-refractivity contribution in [3.8, 4) is 11.6 Å². The quantitative estimate of drug-likeness (QED) is 0.644. The Morgan fingerprint density at radius 2 is 2.47 bits per heavy atom. The summed E-state index contributed by atoms with van der Waals surface area (Å²) < 4.78 is 4.88. The predicted octanol–water partition coefficient (Wildman–Crippen LogP) is -0.158. The number of nitrogens with zero attached hydrogens (tertiary/aromatic N) is 3. The fourth-order valence-corrected chi connectivity index (χ4v) is 1.14. The molecule has 1 unspecified atom stereocenters. The first-order chi connectivity index (χ1) is 7.31. The van der Waals surface area contributed by atoms with Crippen molar-refractivity contribution >= 4 is 0 Å². The number of hydrogen-bond donors (Lipinski definition) is 3. The fraction of sp³-hybridized carbons (Fsp3) is 0.375. The van der Waals surface area contributed by atoms with Crippen molar-refractivity contribution in [1.82, 2.24) is 20.1 Å². The number of rotatable bonds is 4. The van der Waals surface area contributed by atoms with Crippen molar-refractivity contribution in [1.29, 1.82) is 0 Å². The van der Waals surface area contributed by atoms with E-state index in [4.69, 9.17) is 10.3 Å². The van der Waals surface area contributed by atoms with E-state index in [1.54, 1.807) is 12.4 Å². The molecule has 1 atom stereocenters. The van der Waals surface area contributed by atoms with Gasteiger partial charge in [-0.25, -0.2) is 4.98 Å². The largest absolute Gasteiger partial charge is 0.383 e. The van der Waals surface area contributed by atoms with Gasteiger partial charge in [0.15, 0.2) is 5.82 Å². The normalized spacial score (nSPS) is 12.9. The number of imidazole rings is 1. The Morgan fingerprint density at radius 3 is 3.13 bits per heavy atom. The number of aromatic nitrogens is 4. The van der Waals surface area contributed by atoms with Gasteiger partial charge in [-0.2, -0.15) is 4.98 Å². The maximum absolute atomic E-state index is 9.52. The summed E-state index contributed by atoms with van der Waals surface area (Å²) in [6.07, 6.45) is 2.81. The van der Waals surface area contributed by atoms with Crippen molar-refractivity contribution < 1.29 is 9.63 Å². The number of H-pyrrole nitrogens is 1. The summed E-state index contributed by atoms with van der Waals surface area (Å²) in [7, 11) is 0. The van der Waals surface area contributed by atoms with Crippen LogP contribution in [-0.2, 0) is 0 Å². The average molecular weight is 209 g/mol. The molecule has 2 aromatic heterocycles. The zero-order chi connectivity index (χ0) is 10.7. The summed E-state index contributed by atoms with van der Waals surface area (Å²) in [4.78, 5) is 10.8. The van der Waals surface area contributed by atoms with Gasteiger partial charge in [0.2, 0.25) is 5.82 Å². The highest BCUT2D eigenvalue weighted by Gasteiger charge is 2.16. The summed E-state index contributed by atoms with van der Waals surface area (Å²) in [5.74, 6) is 0.989. The molecule has 0 aromatic carbocycles. The van der Waals surface area contributed by atoms with E-state index in [1.165, 1.54) is 0 Å². The number of aliphatic hydroxyl groups excluding tert-OH is 1. The van der Waals surface area contributed by atoms with Gasteiger partial charge in [-0.3, -0.25) is 0 Å². The van der Waals surface area contributed by atoms with Crippen LogP contribution in [0.4, 0.5) is 0 Å². The molecule has 0 spiro atoms. The maximum atomic E-state index is 9.52. The molecule has 2 rings (SSSR count). The first kappa shape index (κ1) is 9.81. The zero-order valence-corrected chi connectivity index (χ0v) is 7.92. The molecule has 0 amide bonds. The minimum Gasteiger partial charge on any atom is -0.383 e. The van der Waals surface area contributed by atoms with Crippen LogP contribution in [0, 0.1) is 0 Å². The monoisotopic (exact) mass is 209 g/mol. The van der Waals surface area contributed by atoms with Crippen LogP contribution < -0.4 is 5.73 Å². The Bertz CT molecular complexity index is 410. The number of nitrogens with one attached hydrogen (secondary N) is 1. The molecule has 15 heavy (non-hydrogen) atoms. The third-order valence-corrected chi connectivity index (χ3v) is 1.88. The molecule has 0 fully saturated rings. The van der Waals surface area contributed by atoms with Gasteiger partial charge in [0, 0.05) is 12.4 Å². The molecule has 0 radical (unpaired) electrons. The summed E-state index contributed by atoms with van der Waals surface area (Å²) in [6.45, 7) is 0.361. The second-order valence-electron chi connectivity index (χ2n) is 2.99. The Kier molecular flexibility index (Phi) is 2.75. The minimum absolute atomic E-state index is 0.159. The molecule has 7 heteroatoms. The molecule has 0 bridgehead atoms. The van der Waals surface area contributed by atoms with Crippen molar-refractivity contribution in [2.24, 2.45) is 5.73 Å². The Labute approximate surface area is 85.3 Å². The van der Waals surface area contributed by atoms with Crippen molar-refractivity contribution in [2.45, 2.75) is 12.5 Å². The molecule has 0 saturated heterocycles. The number of hydrogen-bond acceptors (Lipinski definition) is 6. The van der Waals surface area contributed by atoms with E-state index in [0.717, 1.165) is 0 Å². The third kappa shape index (κ3) is 2.03. The highest BCUT2D eigenvalue weighted by Crippen LogP contribution is 2.16. The molecule has 4 N–H and O–H groups in total. The number of aliphatic hydroxyl groups is 1. The fourth-order valence-electron chi connectivity index (χ4n) is 1.14. The molecular weight excluding hydrogens is 198 g/mol. The first-order valence-corrected chi connectivity index (χ1v) is 4.52. The maximum Gasteiger partial charge on any atom is 0.255 e. The molecule has 0 aliphatic rings. The third-order valence-electron chi connectivity index (χ3n) is 1.88. The van der Waals surface area contributed by atoms with Gasteiger partial charge >= 0.3 is 0 Å². The van der Waals surface area contributed by atoms with Crippen molar-refractivity contribution in [3.05, 3.63) is 18.3 Å². The van der Waals surface area contributed by atoms with E-state index in [2.05, 4.69) is 20.1 Å². The Hall–Kier alpha value is -1.73. The van der Waals surface area contributed by atoms with Gasteiger partial charge in [-0.15, -0.1) is 0 Å². The molecule has 2 heterocycles.